The van der Waals surface area contributed by atoms with E-state index in [-0.39, 0.29) is 17.3 Å². The molecule has 0 aliphatic carbocycles. The van der Waals surface area contributed by atoms with Gasteiger partial charge in [0.05, 0.1) is 36.1 Å². The Morgan fingerprint density at radius 2 is 1.81 bits per heavy atom. The average molecular weight is 466 g/mol. The van der Waals surface area contributed by atoms with Crippen molar-refractivity contribution in [3.05, 3.63) is 41.3 Å². The van der Waals surface area contributed by atoms with E-state index in [1.807, 2.05) is 0 Å². The summed E-state index contributed by atoms with van der Waals surface area (Å²) >= 11 is 0. The maximum absolute atomic E-state index is 13.3. The number of aromatic nitrogens is 2. The number of nitrogens with one attached hydrogen (secondary N) is 2. The lowest BCUT2D eigenvalue weighted by molar-refractivity contribution is -0.136. The highest BCUT2D eigenvalue weighted by Crippen LogP contribution is 2.32. The van der Waals surface area contributed by atoms with Crippen molar-refractivity contribution in [2.24, 2.45) is 0 Å². The normalized spacial score (nSPS) is 17.7. The number of halogens is 1. The van der Waals surface area contributed by atoms with Crippen LogP contribution in [0.2, 0.25) is 0 Å². The van der Waals surface area contributed by atoms with Gasteiger partial charge in [-0.05, 0) is 37.2 Å². The largest absolute Gasteiger partial charge is 0.379 e. The Balaban J connectivity index is 1.42. The molecule has 0 unspecified atom stereocenters. The van der Waals surface area contributed by atoms with E-state index < -0.39 is 27.5 Å². The molecule has 0 bridgehead atoms. The number of fused-ring (bicyclic) bond motifs is 1. The third kappa shape index (κ3) is 5.14. The van der Waals surface area contributed by atoms with E-state index in [1.165, 1.54) is 28.9 Å². The summed E-state index contributed by atoms with van der Waals surface area (Å²) in [4.78, 5) is 27.0. The van der Waals surface area contributed by atoms with Crippen LogP contribution in [0.1, 0.15) is 17.7 Å². The first-order chi connectivity index (χ1) is 15.3. The van der Waals surface area contributed by atoms with Gasteiger partial charge in [-0.2, -0.15) is 5.10 Å². The van der Waals surface area contributed by atoms with Gasteiger partial charge in [0.1, 0.15) is 11.6 Å². The van der Waals surface area contributed by atoms with Crippen LogP contribution in [-0.4, -0.2) is 74.3 Å². The molecule has 10 nitrogen and oxygen atoms in total. The molecule has 0 atom stereocenters. The highest BCUT2D eigenvalue weighted by atomic mass is 32.2. The smallest absolute Gasteiger partial charge is 0.314 e. The monoisotopic (exact) mass is 465 g/mol. The van der Waals surface area contributed by atoms with Crippen LogP contribution in [0.4, 0.5) is 10.2 Å². The van der Waals surface area contributed by atoms with Crippen molar-refractivity contribution >= 4 is 27.5 Å². The maximum Gasteiger partial charge on any atom is 0.314 e. The molecule has 1 aromatic heterocycles. The number of nitrogens with zero attached hydrogens (tertiary/aromatic N) is 3. The zero-order chi connectivity index (χ0) is 22.7. The van der Waals surface area contributed by atoms with Crippen LogP contribution in [-0.2, 0) is 35.7 Å². The first-order valence-electron chi connectivity index (χ1n) is 10.3. The topological polar surface area (TPSA) is 123 Å². The third-order valence-corrected chi connectivity index (χ3v) is 6.78. The molecule has 2 aromatic rings. The number of anilines is 1. The molecular weight excluding hydrogens is 441 g/mol. The Morgan fingerprint density at radius 1 is 1.09 bits per heavy atom. The van der Waals surface area contributed by atoms with E-state index in [1.54, 1.807) is 0 Å². The SMILES string of the molecule is O=C(NCCCN1CCOCC1)C(=O)Nc1c2c(nn1-c1ccc(F)cc1)CS(=O)(=O)C2. The number of sulfone groups is 1. The summed E-state index contributed by atoms with van der Waals surface area (Å²) in [7, 11) is -3.38. The lowest BCUT2D eigenvalue weighted by Gasteiger charge is -2.26. The van der Waals surface area contributed by atoms with E-state index in [0.717, 1.165) is 19.6 Å². The first kappa shape index (κ1) is 22.4. The number of morpholine rings is 1. The molecule has 2 amide bonds. The molecule has 1 saturated heterocycles. The van der Waals surface area contributed by atoms with Crippen molar-refractivity contribution < 1.29 is 27.1 Å². The predicted molar refractivity (Wildman–Crippen MR) is 113 cm³/mol. The lowest BCUT2D eigenvalue weighted by atomic mass is 10.2. The standard InChI is InChI=1S/C20H24FN5O5S/c21-14-2-4-15(5-3-14)26-18(16-12-32(29,30)13-17(16)24-26)23-20(28)19(27)22-6-1-7-25-8-10-31-11-9-25/h2-5H,1,6-13H2,(H,22,27)(H,23,28). The van der Waals surface area contributed by atoms with Crippen LogP contribution in [0.3, 0.4) is 0 Å². The van der Waals surface area contributed by atoms with Crippen molar-refractivity contribution in [3.8, 4) is 5.69 Å². The summed E-state index contributed by atoms with van der Waals surface area (Å²) < 4.78 is 44.0. The summed E-state index contributed by atoms with van der Waals surface area (Å²) in [6.45, 7) is 4.18. The first-order valence-corrected chi connectivity index (χ1v) is 12.1. The molecule has 32 heavy (non-hydrogen) atoms. The third-order valence-electron chi connectivity index (χ3n) is 5.34. The van der Waals surface area contributed by atoms with Gasteiger partial charge in [0, 0.05) is 25.2 Å². The van der Waals surface area contributed by atoms with Gasteiger partial charge in [-0.3, -0.25) is 14.5 Å². The van der Waals surface area contributed by atoms with Crippen LogP contribution < -0.4 is 10.6 Å². The zero-order valence-corrected chi connectivity index (χ0v) is 18.2. The van der Waals surface area contributed by atoms with Gasteiger partial charge in [0.15, 0.2) is 9.84 Å². The second-order valence-corrected chi connectivity index (χ2v) is 9.78. The molecular formula is C20H24FN5O5S. The number of hydrogen-bond acceptors (Lipinski definition) is 7. The molecule has 0 radical (unpaired) electrons. The fourth-order valence-electron chi connectivity index (χ4n) is 3.71. The minimum Gasteiger partial charge on any atom is -0.379 e. The average Bonchev–Trinajstić information content (AvgIpc) is 3.24. The van der Waals surface area contributed by atoms with Crippen molar-refractivity contribution in [3.63, 3.8) is 0 Å². The molecule has 2 aliphatic rings. The molecule has 4 rings (SSSR count). The van der Waals surface area contributed by atoms with Crippen LogP contribution in [0.5, 0.6) is 0 Å². The van der Waals surface area contributed by atoms with Crippen LogP contribution in [0, 0.1) is 5.82 Å². The molecule has 172 valence electrons. The molecule has 12 heteroatoms. The quantitative estimate of drug-likeness (QED) is 0.462. The summed E-state index contributed by atoms with van der Waals surface area (Å²) in [5, 5.41) is 9.35. The van der Waals surface area contributed by atoms with Crippen LogP contribution >= 0.6 is 0 Å². The molecule has 0 spiro atoms. The highest BCUT2D eigenvalue weighted by molar-refractivity contribution is 7.90. The van der Waals surface area contributed by atoms with E-state index >= 15 is 0 Å². The molecule has 3 heterocycles. The van der Waals surface area contributed by atoms with E-state index in [2.05, 4.69) is 20.6 Å². The Morgan fingerprint density at radius 3 is 2.53 bits per heavy atom. The number of rotatable bonds is 6. The Bertz CT molecular complexity index is 1110. The second kappa shape index (κ2) is 9.35. The second-order valence-electron chi connectivity index (χ2n) is 7.71. The summed E-state index contributed by atoms with van der Waals surface area (Å²) in [5.74, 6) is -2.65. The van der Waals surface area contributed by atoms with E-state index in [4.69, 9.17) is 4.74 Å². The van der Waals surface area contributed by atoms with Crippen LogP contribution in [0.25, 0.3) is 5.69 Å². The number of carbonyl (C=O) groups is 2. The maximum atomic E-state index is 13.3. The highest BCUT2D eigenvalue weighted by Gasteiger charge is 2.33. The summed E-state index contributed by atoms with van der Waals surface area (Å²) in [6, 6.07) is 5.36. The number of hydrogen-bond donors (Lipinski definition) is 2. The van der Waals surface area contributed by atoms with Crippen molar-refractivity contribution in [1.82, 2.24) is 20.0 Å². The Labute approximate surface area is 184 Å². The van der Waals surface area contributed by atoms with E-state index in [0.29, 0.717) is 43.1 Å². The summed E-state index contributed by atoms with van der Waals surface area (Å²) in [6.07, 6.45) is 0.681. The van der Waals surface area contributed by atoms with Gasteiger partial charge >= 0.3 is 11.8 Å². The minimum absolute atomic E-state index is 0.0983. The van der Waals surface area contributed by atoms with Crippen LogP contribution in [0.15, 0.2) is 24.3 Å². The number of benzene rings is 1. The fourth-order valence-corrected chi connectivity index (χ4v) is 5.21. The van der Waals surface area contributed by atoms with Gasteiger partial charge in [0.2, 0.25) is 0 Å². The minimum atomic E-state index is -3.38. The van der Waals surface area contributed by atoms with Gasteiger partial charge in [-0.25, -0.2) is 17.5 Å². The van der Waals surface area contributed by atoms with Gasteiger partial charge in [-0.15, -0.1) is 0 Å². The molecule has 2 N–H and O–H groups in total. The molecule has 1 aromatic carbocycles. The van der Waals surface area contributed by atoms with Crippen molar-refractivity contribution in [1.29, 1.82) is 0 Å². The van der Waals surface area contributed by atoms with Gasteiger partial charge in [-0.1, -0.05) is 0 Å². The Kier molecular flexibility index (Phi) is 6.53. The summed E-state index contributed by atoms with van der Waals surface area (Å²) in [5.41, 5.74) is 1.07. The van der Waals surface area contributed by atoms with Gasteiger partial charge in [0.25, 0.3) is 0 Å². The molecule has 2 aliphatic heterocycles. The molecule has 1 fully saturated rings. The zero-order valence-electron chi connectivity index (χ0n) is 17.3. The number of ether oxygens (including phenoxy) is 1. The number of carbonyl (C=O) groups excluding carboxylic acids is 2. The number of amides is 2. The predicted octanol–water partition coefficient (Wildman–Crippen LogP) is 0.217. The van der Waals surface area contributed by atoms with Gasteiger partial charge < -0.3 is 15.4 Å². The Hall–Kier alpha value is -2.83. The van der Waals surface area contributed by atoms with E-state index in [9.17, 15) is 22.4 Å². The van der Waals surface area contributed by atoms with Crippen molar-refractivity contribution in [2.75, 3.05) is 44.7 Å². The fraction of sp³-hybridized carbons (Fsp3) is 0.450. The van der Waals surface area contributed by atoms with Crippen molar-refractivity contribution in [2.45, 2.75) is 17.9 Å². The molecule has 0 saturated carbocycles. The lowest BCUT2D eigenvalue weighted by Crippen LogP contribution is -2.40.